The first kappa shape index (κ1) is 18.6. The lowest BCUT2D eigenvalue weighted by molar-refractivity contribution is -0.128. The van der Waals surface area contributed by atoms with E-state index < -0.39 is 5.91 Å². The summed E-state index contributed by atoms with van der Waals surface area (Å²) in [4.78, 5) is 25.9. The van der Waals surface area contributed by atoms with Crippen molar-refractivity contribution in [3.63, 3.8) is 0 Å². The van der Waals surface area contributed by atoms with Gasteiger partial charge in [0.05, 0.1) is 11.3 Å². The molecule has 132 valence electrons. The largest absolute Gasteiger partial charge is 0.398 e. The number of carbonyl (C=O) groups excluding carboxylic acids is 2. The molecule has 2 aromatic carbocycles. The number of rotatable bonds is 5. The molecule has 0 aliphatic carbocycles. The van der Waals surface area contributed by atoms with Crippen LogP contribution < -0.4 is 11.2 Å². The van der Waals surface area contributed by atoms with Crippen LogP contribution in [0, 0.1) is 3.57 Å². The maximum absolute atomic E-state index is 12.9. The van der Waals surface area contributed by atoms with Gasteiger partial charge in [-0.05, 0) is 58.0 Å². The van der Waals surface area contributed by atoms with Crippen LogP contribution in [0.15, 0.2) is 54.6 Å². The summed E-state index contributed by atoms with van der Waals surface area (Å²) in [5.41, 5.74) is 10.2. The molecule has 3 rings (SSSR count). The fraction of sp³-hybridized carbons (Fsp3) is 0.0526. The van der Waals surface area contributed by atoms with Crippen molar-refractivity contribution < 1.29 is 14.8 Å². The van der Waals surface area contributed by atoms with Crippen LogP contribution >= 0.6 is 33.9 Å². The van der Waals surface area contributed by atoms with Crippen LogP contribution in [0.25, 0.3) is 10.4 Å². The monoisotopic (exact) mass is 478 g/mol. The second-order valence-corrected chi connectivity index (χ2v) is 7.82. The van der Waals surface area contributed by atoms with E-state index in [0.717, 1.165) is 14.0 Å². The Hall–Kier alpha value is -2.23. The summed E-state index contributed by atoms with van der Waals surface area (Å²) in [6.07, 6.45) is -0.0145. The molecular formula is C19H15IN2O3S. The maximum atomic E-state index is 12.9. The minimum Gasteiger partial charge on any atom is -0.398 e. The number of nitrogen functional groups attached to an aromatic ring is 1. The summed E-state index contributed by atoms with van der Waals surface area (Å²) in [7, 11) is 0. The molecular weight excluding hydrogens is 463 g/mol. The highest BCUT2D eigenvalue weighted by molar-refractivity contribution is 14.1. The van der Waals surface area contributed by atoms with Crippen LogP contribution in [0.4, 0.5) is 5.69 Å². The Morgan fingerprint density at radius 2 is 1.85 bits per heavy atom. The fourth-order valence-corrected chi connectivity index (χ4v) is 4.03. The summed E-state index contributed by atoms with van der Waals surface area (Å²) >= 11 is 3.44. The van der Waals surface area contributed by atoms with Crippen molar-refractivity contribution in [2.75, 3.05) is 5.73 Å². The van der Waals surface area contributed by atoms with Gasteiger partial charge in [0.2, 0.25) is 11.7 Å². The van der Waals surface area contributed by atoms with Gasteiger partial charge in [0, 0.05) is 19.7 Å². The molecule has 0 unspecified atom stereocenters. The number of benzene rings is 2. The second kappa shape index (κ2) is 7.98. The van der Waals surface area contributed by atoms with Crippen LogP contribution in [0.2, 0.25) is 0 Å². The highest BCUT2D eigenvalue weighted by Crippen LogP contribution is 2.34. The molecule has 0 saturated heterocycles. The molecule has 1 aromatic heterocycles. The Labute approximate surface area is 168 Å². The molecule has 26 heavy (non-hydrogen) atoms. The molecule has 0 fully saturated rings. The van der Waals surface area contributed by atoms with Crippen LogP contribution in [0.5, 0.6) is 0 Å². The van der Waals surface area contributed by atoms with Gasteiger partial charge in [-0.3, -0.25) is 14.8 Å². The zero-order valence-corrected chi connectivity index (χ0v) is 16.5. The van der Waals surface area contributed by atoms with E-state index >= 15 is 0 Å². The number of carbonyl (C=O) groups is 2. The van der Waals surface area contributed by atoms with Crippen molar-refractivity contribution >= 4 is 51.3 Å². The van der Waals surface area contributed by atoms with Crippen LogP contribution in [-0.4, -0.2) is 16.9 Å². The maximum Gasteiger partial charge on any atom is 0.247 e. The normalized spacial score (nSPS) is 10.5. The van der Waals surface area contributed by atoms with Gasteiger partial charge in [-0.2, -0.15) is 0 Å². The van der Waals surface area contributed by atoms with Gasteiger partial charge < -0.3 is 5.73 Å². The topological polar surface area (TPSA) is 92.4 Å². The average molecular weight is 478 g/mol. The highest BCUT2D eigenvalue weighted by atomic mass is 127. The first-order valence-corrected chi connectivity index (χ1v) is 9.60. The molecule has 7 heteroatoms. The molecule has 0 spiro atoms. The number of thiophene rings is 1. The van der Waals surface area contributed by atoms with Crippen LogP contribution in [0.3, 0.4) is 0 Å². The molecule has 3 aromatic rings. The van der Waals surface area contributed by atoms with E-state index in [1.165, 1.54) is 11.3 Å². The van der Waals surface area contributed by atoms with E-state index in [1.54, 1.807) is 29.7 Å². The fourth-order valence-electron chi connectivity index (χ4n) is 2.55. The molecule has 0 saturated carbocycles. The van der Waals surface area contributed by atoms with E-state index in [0.29, 0.717) is 21.7 Å². The van der Waals surface area contributed by atoms with E-state index in [-0.39, 0.29) is 12.2 Å². The quantitative estimate of drug-likeness (QED) is 0.171. The Bertz CT molecular complexity index is 970. The van der Waals surface area contributed by atoms with E-state index in [2.05, 4.69) is 22.6 Å². The van der Waals surface area contributed by atoms with Crippen LogP contribution in [0.1, 0.15) is 20.8 Å². The lowest BCUT2D eigenvalue weighted by Crippen LogP contribution is -2.20. The SMILES string of the molecule is Nc1cc(C(=O)c2cc(CC(=O)NO)c(-c3ccccc3)s2)ccc1I. The molecule has 0 radical (unpaired) electrons. The summed E-state index contributed by atoms with van der Waals surface area (Å²) < 4.78 is 0.885. The van der Waals surface area contributed by atoms with Gasteiger partial charge in [-0.25, -0.2) is 5.48 Å². The van der Waals surface area contributed by atoms with Gasteiger partial charge >= 0.3 is 0 Å². The number of ketones is 1. The Morgan fingerprint density at radius 3 is 2.50 bits per heavy atom. The van der Waals surface area contributed by atoms with Crippen molar-refractivity contribution in [1.82, 2.24) is 5.48 Å². The Kier molecular flexibility index (Phi) is 5.70. The van der Waals surface area contributed by atoms with Crippen molar-refractivity contribution in [3.8, 4) is 10.4 Å². The van der Waals surface area contributed by atoms with Crippen molar-refractivity contribution in [2.24, 2.45) is 0 Å². The highest BCUT2D eigenvalue weighted by Gasteiger charge is 2.19. The van der Waals surface area contributed by atoms with Gasteiger partial charge in [0.1, 0.15) is 0 Å². The zero-order valence-electron chi connectivity index (χ0n) is 13.5. The van der Waals surface area contributed by atoms with Gasteiger partial charge in [0.15, 0.2) is 0 Å². The average Bonchev–Trinajstić information content (AvgIpc) is 3.07. The number of halogens is 1. The predicted octanol–water partition coefficient (Wildman–Crippen LogP) is 3.88. The van der Waals surface area contributed by atoms with E-state index in [1.807, 2.05) is 30.3 Å². The van der Waals surface area contributed by atoms with Crippen molar-refractivity contribution in [1.29, 1.82) is 0 Å². The van der Waals surface area contributed by atoms with Crippen LogP contribution in [-0.2, 0) is 11.2 Å². The molecule has 1 amide bonds. The number of hydrogen-bond donors (Lipinski definition) is 3. The van der Waals surface area contributed by atoms with E-state index in [9.17, 15) is 9.59 Å². The molecule has 0 aliphatic heterocycles. The summed E-state index contributed by atoms with van der Waals surface area (Å²) in [6.45, 7) is 0. The minimum atomic E-state index is -0.530. The third-order valence-corrected chi connectivity index (χ3v) is 6.01. The van der Waals surface area contributed by atoms with Crippen molar-refractivity contribution in [2.45, 2.75) is 6.42 Å². The molecule has 0 aliphatic rings. The first-order valence-electron chi connectivity index (χ1n) is 7.70. The molecule has 1 heterocycles. The predicted molar refractivity (Wildman–Crippen MR) is 110 cm³/mol. The molecule has 5 nitrogen and oxygen atoms in total. The summed E-state index contributed by atoms with van der Waals surface area (Å²) in [5, 5.41) is 8.83. The third kappa shape index (κ3) is 3.95. The standard InChI is InChI=1S/C19H15IN2O3S/c20-14-7-6-12(8-15(14)21)18(24)16-9-13(10-17(23)22-25)19(26-16)11-4-2-1-3-5-11/h1-9,25H,10,21H2,(H,22,23). The van der Waals surface area contributed by atoms with Gasteiger partial charge in [-0.1, -0.05) is 30.3 Å². The van der Waals surface area contributed by atoms with E-state index in [4.69, 9.17) is 10.9 Å². The van der Waals surface area contributed by atoms with Gasteiger partial charge in [-0.15, -0.1) is 11.3 Å². The number of hydrogen-bond acceptors (Lipinski definition) is 5. The lowest BCUT2D eigenvalue weighted by atomic mass is 10.0. The first-order chi connectivity index (χ1) is 12.5. The van der Waals surface area contributed by atoms with Gasteiger partial charge in [0.25, 0.3) is 0 Å². The summed E-state index contributed by atoms with van der Waals surface area (Å²) in [5.74, 6) is -0.677. The Morgan fingerprint density at radius 1 is 1.12 bits per heavy atom. The number of nitrogens with two attached hydrogens (primary N) is 1. The smallest absolute Gasteiger partial charge is 0.247 e. The number of amides is 1. The third-order valence-electron chi connectivity index (χ3n) is 3.80. The Balaban J connectivity index is 2.03. The molecule has 0 atom stereocenters. The lowest BCUT2D eigenvalue weighted by Gasteiger charge is -2.02. The molecule has 4 N–H and O–H groups in total. The zero-order chi connectivity index (χ0) is 18.7. The molecule has 0 bridgehead atoms. The number of anilines is 1. The number of hydroxylamine groups is 1. The number of nitrogens with one attached hydrogen (secondary N) is 1. The van der Waals surface area contributed by atoms with Crippen molar-refractivity contribution in [3.05, 3.63) is 74.2 Å². The minimum absolute atomic E-state index is 0.0145. The summed E-state index contributed by atoms with van der Waals surface area (Å²) in [6, 6.07) is 16.4. The second-order valence-electron chi connectivity index (χ2n) is 5.61.